The number of anilines is 2. The molecule has 0 radical (unpaired) electrons. The van der Waals surface area contributed by atoms with Gasteiger partial charge in [0.05, 0.1) is 16.6 Å². The van der Waals surface area contributed by atoms with E-state index in [0.29, 0.717) is 10.7 Å². The number of halogens is 1. The van der Waals surface area contributed by atoms with E-state index in [1.54, 1.807) is 23.1 Å². The minimum Gasteiger partial charge on any atom is -0.370 e. The van der Waals surface area contributed by atoms with Crippen LogP contribution in [-0.2, 0) is 9.59 Å². The number of carbonyl (C=O) groups is 2. The highest BCUT2D eigenvalue weighted by atomic mass is 35.5. The summed E-state index contributed by atoms with van der Waals surface area (Å²) in [5.41, 5.74) is 6.74. The van der Waals surface area contributed by atoms with Gasteiger partial charge in [0.1, 0.15) is 0 Å². The molecule has 2 aromatic carbocycles. The lowest BCUT2D eigenvalue weighted by molar-refractivity contribution is -0.122. The lowest BCUT2D eigenvalue weighted by Crippen LogP contribution is -2.39. The van der Waals surface area contributed by atoms with E-state index < -0.39 is 11.2 Å². The molecule has 4 nitrogen and oxygen atoms in total. The van der Waals surface area contributed by atoms with Crippen LogP contribution < -0.4 is 10.6 Å². The van der Waals surface area contributed by atoms with Crippen LogP contribution >= 0.6 is 23.4 Å². The number of hydrogen-bond donors (Lipinski definition) is 1. The van der Waals surface area contributed by atoms with Gasteiger partial charge < -0.3 is 5.73 Å². The van der Waals surface area contributed by atoms with E-state index in [-0.39, 0.29) is 12.3 Å². The summed E-state index contributed by atoms with van der Waals surface area (Å²) >= 11 is 7.41. The molecule has 1 unspecified atom stereocenters. The largest absolute Gasteiger partial charge is 0.370 e. The highest BCUT2D eigenvalue weighted by Crippen LogP contribution is 2.43. The maximum atomic E-state index is 12.8. The fourth-order valence-electron chi connectivity index (χ4n) is 2.40. The highest BCUT2D eigenvalue weighted by molar-refractivity contribution is 8.01. The summed E-state index contributed by atoms with van der Waals surface area (Å²) in [4.78, 5) is 26.6. The molecule has 0 fully saturated rings. The van der Waals surface area contributed by atoms with Crippen LogP contribution in [0.25, 0.3) is 0 Å². The van der Waals surface area contributed by atoms with Crippen molar-refractivity contribution >= 4 is 46.6 Å². The Hall–Kier alpha value is -1.98. The molecule has 22 heavy (non-hydrogen) atoms. The third kappa shape index (κ3) is 2.82. The first-order valence-corrected chi connectivity index (χ1v) is 7.95. The summed E-state index contributed by atoms with van der Waals surface area (Å²) in [5, 5.41) is 0.0267. The molecule has 112 valence electrons. The number of primary amides is 1. The van der Waals surface area contributed by atoms with E-state index in [2.05, 4.69) is 0 Å². The summed E-state index contributed by atoms with van der Waals surface area (Å²) in [6, 6.07) is 14.7. The molecule has 0 bridgehead atoms. The van der Waals surface area contributed by atoms with E-state index in [9.17, 15) is 9.59 Å². The van der Waals surface area contributed by atoms with Gasteiger partial charge >= 0.3 is 0 Å². The van der Waals surface area contributed by atoms with Crippen LogP contribution in [0.15, 0.2) is 53.4 Å². The molecule has 1 heterocycles. The zero-order valence-electron chi connectivity index (χ0n) is 11.5. The van der Waals surface area contributed by atoms with Gasteiger partial charge in [0.2, 0.25) is 11.8 Å². The van der Waals surface area contributed by atoms with Crippen molar-refractivity contribution in [1.82, 2.24) is 0 Å². The third-order valence-electron chi connectivity index (χ3n) is 3.32. The summed E-state index contributed by atoms with van der Waals surface area (Å²) in [6.07, 6.45) is 0.00883. The van der Waals surface area contributed by atoms with Crippen LogP contribution in [-0.4, -0.2) is 17.1 Å². The summed E-state index contributed by atoms with van der Waals surface area (Å²) in [5.74, 6) is -0.652. The van der Waals surface area contributed by atoms with Crippen LogP contribution in [0, 0.1) is 0 Å². The Morgan fingerprint density at radius 3 is 2.73 bits per heavy atom. The Morgan fingerprint density at radius 1 is 1.23 bits per heavy atom. The maximum Gasteiger partial charge on any atom is 0.245 e. The monoisotopic (exact) mass is 332 g/mol. The Balaban J connectivity index is 2.09. The minimum atomic E-state index is -0.522. The molecule has 2 N–H and O–H groups in total. The number of thioether (sulfide) groups is 1. The van der Waals surface area contributed by atoms with Crippen molar-refractivity contribution in [2.45, 2.75) is 16.6 Å². The first-order chi connectivity index (χ1) is 10.6. The van der Waals surface area contributed by atoms with Crippen LogP contribution in [0.2, 0.25) is 5.02 Å². The van der Waals surface area contributed by atoms with Gasteiger partial charge in [0.15, 0.2) is 0 Å². The summed E-state index contributed by atoms with van der Waals surface area (Å²) in [6.45, 7) is 0. The van der Waals surface area contributed by atoms with Crippen molar-refractivity contribution in [2.24, 2.45) is 5.73 Å². The first kappa shape index (κ1) is 14.9. The van der Waals surface area contributed by atoms with Crippen molar-refractivity contribution in [3.63, 3.8) is 0 Å². The fourth-order valence-corrected chi connectivity index (χ4v) is 3.78. The summed E-state index contributed by atoms with van der Waals surface area (Å²) < 4.78 is 0. The van der Waals surface area contributed by atoms with Crippen LogP contribution in [0.4, 0.5) is 11.4 Å². The molecule has 3 rings (SSSR count). The molecule has 0 spiro atoms. The molecule has 1 aliphatic heterocycles. The second-order valence-electron chi connectivity index (χ2n) is 4.90. The predicted molar refractivity (Wildman–Crippen MR) is 88.5 cm³/mol. The van der Waals surface area contributed by atoms with E-state index in [1.807, 2.05) is 30.3 Å². The van der Waals surface area contributed by atoms with Gasteiger partial charge in [-0.2, -0.15) is 0 Å². The van der Waals surface area contributed by atoms with Crippen LogP contribution in [0.3, 0.4) is 0 Å². The standard InChI is InChI=1S/C16H13ClN2O2S/c17-10-4-3-5-11(8-10)19-12-6-1-2-7-13(12)22-14(16(19)21)9-15(18)20/h1-8,14H,9H2,(H2,18,20). The maximum absolute atomic E-state index is 12.8. The normalized spacial score (nSPS) is 17.2. The highest BCUT2D eigenvalue weighted by Gasteiger charge is 2.35. The lowest BCUT2D eigenvalue weighted by Gasteiger charge is -2.33. The number of amides is 2. The number of nitrogens with two attached hydrogens (primary N) is 1. The number of rotatable bonds is 3. The van der Waals surface area contributed by atoms with Gasteiger partial charge in [-0.3, -0.25) is 14.5 Å². The minimum absolute atomic E-state index is 0.00883. The number of benzene rings is 2. The molecule has 1 aliphatic rings. The number of carbonyl (C=O) groups excluding carboxylic acids is 2. The SMILES string of the molecule is NC(=O)CC1Sc2ccccc2N(c2cccc(Cl)c2)C1=O. The van der Waals surface area contributed by atoms with Gasteiger partial charge in [-0.1, -0.05) is 29.8 Å². The van der Waals surface area contributed by atoms with Gasteiger partial charge in [-0.05, 0) is 30.3 Å². The van der Waals surface area contributed by atoms with E-state index in [4.69, 9.17) is 17.3 Å². The van der Waals surface area contributed by atoms with Crippen molar-refractivity contribution in [3.05, 3.63) is 53.6 Å². The zero-order valence-corrected chi connectivity index (χ0v) is 13.1. The molecule has 0 aliphatic carbocycles. The van der Waals surface area contributed by atoms with Gasteiger partial charge in [0, 0.05) is 16.3 Å². The van der Waals surface area contributed by atoms with Crippen LogP contribution in [0.1, 0.15) is 6.42 Å². The van der Waals surface area contributed by atoms with E-state index in [1.165, 1.54) is 11.8 Å². The zero-order chi connectivity index (χ0) is 15.7. The number of para-hydroxylation sites is 1. The molecule has 6 heteroatoms. The fraction of sp³-hybridized carbons (Fsp3) is 0.125. The average Bonchev–Trinajstić information content (AvgIpc) is 2.47. The topological polar surface area (TPSA) is 63.4 Å². The molecule has 2 amide bonds. The van der Waals surface area contributed by atoms with Crippen LogP contribution in [0.5, 0.6) is 0 Å². The second kappa shape index (κ2) is 6.02. The smallest absolute Gasteiger partial charge is 0.245 e. The van der Waals surface area contributed by atoms with E-state index >= 15 is 0 Å². The van der Waals surface area contributed by atoms with E-state index in [0.717, 1.165) is 10.6 Å². The molecule has 0 aromatic heterocycles. The third-order valence-corrected chi connectivity index (χ3v) is 4.81. The van der Waals surface area contributed by atoms with Crippen molar-refractivity contribution in [2.75, 3.05) is 4.90 Å². The summed E-state index contributed by atoms with van der Waals surface area (Å²) in [7, 11) is 0. The molecular weight excluding hydrogens is 320 g/mol. The van der Waals surface area contributed by atoms with Gasteiger partial charge in [0.25, 0.3) is 0 Å². The number of hydrogen-bond acceptors (Lipinski definition) is 3. The second-order valence-corrected chi connectivity index (χ2v) is 6.58. The molecule has 2 aromatic rings. The Kier molecular flexibility index (Phi) is 4.09. The Bertz CT molecular complexity index is 750. The van der Waals surface area contributed by atoms with Crippen molar-refractivity contribution in [3.8, 4) is 0 Å². The van der Waals surface area contributed by atoms with Crippen molar-refractivity contribution < 1.29 is 9.59 Å². The molecular formula is C16H13ClN2O2S. The Morgan fingerprint density at radius 2 is 2.00 bits per heavy atom. The molecule has 1 atom stereocenters. The van der Waals surface area contributed by atoms with Gasteiger partial charge in [-0.25, -0.2) is 0 Å². The van der Waals surface area contributed by atoms with Gasteiger partial charge in [-0.15, -0.1) is 11.8 Å². The Labute approximate surface area is 137 Å². The molecule has 0 saturated carbocycles. The first-order valence-electron chi connectivity index (χ1n) is 6.70. The quantitative estimate of drug-likeness (QED) is 0.937. The lowest BCUT2D eigenvalue weighted by atomic mass is 10.1. The number of nitrogens with zero attached hydrogens (tertiary/aromatic N) is 1. The number of fused-ring (bicyclic) bond motifs is 1. The molecule has 0 saturated heterocycles. The van der Waals surface area contributed by atoms with Crippen molar-refractivity contribution in [1.29, 1.82) is 0 Å². The average molecular weight is 333 g/mol. The predicted octanol–water partition coefficient (Wildman–Crippen LogP) is 3.35.